The maximum Gasteiger partial charge on any atom is 0.227 e. The highest BCUT2D eigenvalue weighted by molar-refractivity contribution is 6.30. The Hall–Kier alpha value is -1.06. The largest absolute Gasteiger partial charge is 0.396 e. The molecule has 1 rings (SSSR count). The SMILES string of the molecule is CCC(CO)C(=O)N(C)CCc1ccc(Cl)cc1. The minimum absolute atomic E-state index is 0.00830. The first-order chi connectivity index (χ1) is 8.58. The average Bonchev–Trinajstić information content (AvgIpc) is 2.39. The average molecular weight is 270 g/mol. The first-order valence-corrected chi connectivity index (χ1v) is 6.56. The highest BCUT2D eigenvalue weighted by Crippen LogP contribution is 2.11. The predicted octanol–water partition coefficient (Wildman–Crippen LogP) is 2.36. The van der Waals surface area contributed by atoms with E-state index in [0.29, 0.717) is 13.0 Å². The van der Waals surface area contributed by atoms with Crippen molar-refractivity contribution in [3.63, 3.8) is 0 Å². The number of carbonyl (C=O) groups is 1. The molecule has 1 atom stereocenters. The zero-order valence-corrected chi connectivity index (χ0v) is 11.7. The molecule has 0 fully saturated rings. The molecular weight excluding hydrogens is 250 g/mol. The number of amides is 1. The van der Waals surface area contributed by atoms with E-state index >= 15 is 0 Å². The normalized spacial score (nSPS) is 12.2. The van der Waals surface area contributed by atoms with Gasteiger partial charge >= 0.3 is 0 Å². The van der Waals surface area contributed by atoms with Gasteiger partial charge in [0.1, 0.15) is 0 Å². The fourth-order valence-corrected chi connectivity index (χ4v) is 1.88. The molecule has 0 bridgehead atoms. The summed E-state index contributed by atoms with van der Waals surface area (Å²) in [5.74, 6) is -0.269. The van der Waals surface area contributed by atoms with Crippen LogP contribution in [0.25, 0.3) is 0 Å². The van der Waals surface area contributed by atoms with Crippen LogP contribution in [0.1, 0.15) is 18.9 Å². The summed E-state index contributed by atoms with van der Waals surface area (Å²) < 4.78 is 0. The first-order valence-electron chi connectivity index (χ1n) is 6.18. The number of halogens is 1. The molecule has 1 unspecified atom stereocenters. The minimum Gasteiger partial charge on any atom is -0.396 e. The fraction of sp³-hybridized carbons (Fsp3) is 0.500. The topological polar surface area (TPSA) is 40.5 Å². The van der Waals surface area contributed by atoms with E-state index in [-0.39, 0.29) is 18.4 Å². The van der Waals surface area contributed by atoms with E-state index in [0.717, 1.165) is 17.0 Å². The summed E-state index contributed by atoms with van der Waals surface area (Å²) in [6.45, 7) is 2.48. The van der Waals surface area contributed by atoms with Gasteiger partial charge in [-0.1, -0.05) is 30.7 Å². The predicted molar refractivity (Wildman–Crippen MR) is 73.7 cm³/mol. The number of aliphatic hydroxyl groups excluding tert-OH is 1. The third kappa shape index (κ3) is 4.31. The van der Waals surface area contributed by atoms with Crippen LogP contribution in [-0.4, -0.2) is 36.1 Å². The lowest BCUT2D eigenvalue weighted by Crippen LogP contribution is -2.35. The molecule has 0 aromatic heterocycles. The molecule has 0 radical (unpaired) electrons. The Morgan fingerprint density at radius 2 is 2.00 bits per heavy atom. The number of hydrogen-bond acceptors (Lipinski definition) is 2. The van der Waals surface area contributed by atoms with Crippen molar-refractivity contribution >= 4 is 17.5 Å². The van der Waals surface area contributed by atoms with Gasteiger partial charge in [-0.15, -0.1) is 0 Å². The third-order valence-electron chi connectivity index (χ3n) is 3.09. The lowest BCUT2D eigenvalue weighted by Gasteiger charge is -2.21. The standard InChI is InChI=1S/C14H20ClNO2/c1-3-12(10-17)14(18)16(2)9-8-11-4-6-13(15)7-5-11/h4-7,12,17H,3,8-10H2,1-2H3. The smallest absolute Gasteiger partial charge is 0.227 e. The van der Waals surface area contributed by atoms with E-state index in [9.17, 15) is 4.79 Å². The number of benzene rings is 1. The van der Waals surface area contributed by atoms with E-state index in [4.69, 9.17) is 16.7 Å². The van der Waals surface area contributed by atoms with Crippen molar-refractivity contribution in [1.29, 1.82) is 0 Å². The maximum atomic E-state index is 11.9. The van der Waals surface area contributed by atoms with Gasteiger partial charge in [-0.3, -0.25) is 4.79 Å². The highest BCUT2D eigenvalue weighted by Gasteiger charge is 2.18. The Balaban J connectivity index is 2.47. The number of nitrogens with zero attached hydrogens (tertiary/aromatic N) is 1. The van der Waals surface area contributed by atoms with Crippen LogP contribution in [0.2, 0.25) is 5.02 Å². The molecule has 1 aromatic carbocycles. The van der Waals surface area contributed by atoms with Gasteiger partial charge in [0.25, 0.3) is 0 Å². The van der Waals surface area contributed by atoms with Crippen molar-refractivity contribution in [3.8, 4) is 0 Å². The quantitative estimate of drug-likeness (QED) is 0.861. The van der Waals surface area contributed by atoms with E-state index in [1.54, 1.807) is 11.9 Å². The van der Waals surface area contributed by atoms with Gasteiger partial charge in [-0.25, -0.2) is 0 Å². The van der Waals surface area contributed by atoms with Gasteiger partial charge in [0.05, 0.1) is 12.5 Å². The van der Waals surface area contributed by atoms with E-state index < -0.39 is 0 Å². The highest BCUT2D eigenvalue weighted by atomic mass is 35.5. The monoisotopic (exact) mass is 269 g/mol. The molecule has 1 N–H and O–H groups in total. The van der Waals surface area contributed by atoms with Gasteiger partial charge in [0.15, 0.2) is 0 Å². The van der Waals surface area contributed by atoms with Gasteiger partial charge in [-0.05, 0) is 30.5 Å². The minimum atomic E-state index is -0.278. The van der Waals surface area contributed by atoms with Crippen LogP contribution in [0.4, 0.5) is 0 Å². The Kier molecular flexibility index (Phi) is 6.16. The van der Waals surface area contributed by atoms with Crippen molar-refractivity contribution in [2.45, 2.75) is 19.8 Å². The second-order valence-electron chi connectivity index (χ2n) is 4.42. The lowest BCUT2D eigenvalue weighted by atomic mass is 10.1. The van der Waals surface area contributed by atoms with Crippen molar-refractivity contribution in [2.24, 2.45) is 5.92 Å². The number of carbonyl (C=O) groups excluding carboxylic acids is 1. The molecule has 0 aliphatic rings. The molecule has 4 heteroatoms. The summed E-state index contributed by atoms with van der Waals surface area (Å²) in [6, 6.07) is 7.62. The molecule has 0 saturated carbocycles. The fourth-order valence-electron chi connectivity index (χ4n) is 1.75. The van der Waals surface area contributed by atoms with Crippen LogP contribution in [-0.2, 0) is 11.2 Å². The van der Waals surface area contributed by atoms with Gasteiger partial charge in [0.2, 0.25) is 5.91 Å². The molecule has 0 aliphatic heterocycles. The molecule has 100 valence electrons. The Morgan fingerprint density at radius 1 is 1.39 bits per heavy atom. The van der Waals surface area contributed by atoms with E-state index in [2.05, 4.69) is 0 Å². The molecule has 0 saturated heterocycles. The molecule has 0 spiro atoms. The van der Waals surface area contributed by atoms with Crippen LogP contribution in [0.5, 0.6) is 0 Å². The number of hydrogen-bond donors (Lipinski definition) is 1. The number of likely N-dealkylation sites (N-methyl/N-ethyl adjacent to an activating group) is 1. The van der Waals surface area contributed by atoms with E-state index in [1.165, 1.54) is 0 Å². The van der Waals surface area contributed by atoms with Crippen LogP contribution < -0.4 is 0 Å². The summed E-state index contributed by atoms with van der Waals surface area (Å²) in [4.78, 5) is 13.6. The summed E-state index contributed by atoms with van der Waals surface area (Å²) in [6.07, 6.45) is 1.46. The van der Waals surface area contributed by atoms with Gasteiger partial charge < -0.3 is 10.0 Å². The molecule has 18 heavy (non-hydrogen) atoms. The molecule has 1 amide bonds. The summed E-state index contributed by atoms with van der Waals surface area (Å²) in [5.41, 5.74) is 1.15. The van der Waals surface area contributed by atoms with Crippen LogP contribution in [0, 0.1) is 5.92 Å². The van der Waals surface area contributed by atoms with Gasteiger partial charge in [0, 0.05) is 18.6 Å². The third-order valence-corrected chi connectivity index (χ3v) is 3.34. The van der Waals surface area contributed by atoms with Crippen LogP contribution in [0.3, 0.4) is 0 Å². The van der Waals surface area contributed by atoms with Crippen LogP contribution >= 0.6 is 11.6 Å². The van der Waals surface area contributed by atoms with Gasteiger partial charge in [-0.2, -0.15) is 0 Å². The summed E-state index contributed by atoms with van der Waals surface area (Å²) >= 11 is 5.81. The molecule has 3 nitrogen and oxygen atoms in total. The molecule has 1 aromatic rings. The van der Waals surface area contributed by atoms with Crippen molar-refractivity contribution in [3.05, 3.63) is 34.9 Å². The maximum absolute atomic E-state index is 11.9. The lowest BCUT2D eigenvalue weighted by molar-refractivity contribution is -0.135. The Morgan fingerprint density at radius 3 is 2.50 bits per heavy atom. The molecule has 0 heterocycles. The van der Waals surface area contributed by atoms with Crippen molar-refractivity contribution in [2.75, 3.05) is 20.2 Å². The second-order valence-corrected chi connectivity index (χ2v) is 4.86. The zero-order valence-electron chi connectivity index (χ0n) is 10.9. The zero-order chi connectivity index (χ0) is 13.5. The number of aliphatic hydroxyl groups is 1. The molecular formula is C14H20ClNO2. The number of rotatable bonds is 6. The Bertz CT molecular complexity index is 374. The van der Waals surface area contributed by atoms with E-state index in [1.807, 2.05) is 31.2 Å². The molecule has 0 aliphatic carbocycles. The second kappa shape index (κ2) is 7.39. The van der Waals surface area contributed by atoms with Crippen molar-refractivity contribution in [1.82, 2.24) is 4.90 Å². The summed E-state index contributed by atoms with van der Waals surface area (Å²) in [5, 5.41) is 9.82. The van der Waals surface area contributed by atoms with Crippen LogP contribution in [0.15, 0.2) is 24.3 Å². The van der Waals surface area contributed by atoms with Crippen molar-refractivity contribution < 1.29 is 9.90 Å². The summed E-state index contributed by atoms with van der Waals surface area (Å²) in [7, 11) is 1.77. The first kappa shape index (κ1) is 15.0. The Labute approximate surface area is 113 Å².